The first kappa shape index (κ1) is 13.5. The Morgan fingerprint density at radius 1 is 1.41 bits per heavy atom. The largest absolute Gasteiger partial charge is 0.309 e. The molecule has 1 aromatic carbocycles. The molecule has 0 aliphatic heterocycles. The Labute approximate surface area is 97.6 Å². The third-order valence-electron chi connectivity index (χ3n) is 2.36. The molecule has 1 amide bonds. The smallest absolute Gasteiger partial charge is 0.244 e. The highest BCUT2D eigenvalue weighted by atomic mass is 19.1. The monoisotopic (exact) mass is 244 g/mol. The van der Waals surface area contributed by atoms with Gasteiger partial charge in [0.15, 0.2) is 0 Å². The third-order valence-corrected chi connectivity index (χ3v) is 2.36. The SMILES string of the molecule is CC(NCCC(=O)NO)c1c(F)cccc1F. The Morgan fingerprint density at radius 3 is 2.53 bits per heavy atom. The fourth-order valence-electron chi connectivity index (χ4n) is 1.48. The van der Waals surface area contributed by atoms with Gasteiger partial charge in [-0.15, -0.1) is 0 Å². The second kappa shape index (κ2) is 6.27. The zero-order valence-electron chi connectivity index (χ0n) is 9.34. The highest BCUT2D eigenvalue weighted by Gasteiger charge is 2.15. The van der Waals surface area contributed by atoms with Crippen molar-refractivity contribution in [2.75, 3.05) is 6.54 Å². The van der Waals surface area contributed by atoms with E-state index < -0.39 is 23.6 Å². The molecule has 0 saturated heterocycles. The second-order valence-electron chi connectivity index (χ2n) is 3.60. The number of nitrogens with one attached hydrogen (secondary N) is 2. The van der Waals surface area contributed by atoms with Crippen LogP contribution in [0.15, 0.2) is 18.2 Å². The molecule has 1 rings (SSSR count). The molecule has 17 heavy (non-hydrogen) atoms. The summed E-state index contributed by atoms with van der Waals surface area (Å²) in [4.78, 5) is 10.7. The van der Waals surface area contributed by atoms with E-state index in [1.54, 1.807) is 6.92 Å². The fourth-order valence-corrected chi connectivity index (χ4v) is 1.48. The van der Waals surface area contributed by atoms with Gasteiger partial charge in [0.05, 0.1) is 0 Å². The van der Waals surface area contributed by atoms with Crippen molar-refractivity contribution in [3.63, 3.8) is 0 Å². The Balaban J connectivity index is 2.58. The van der Waals surface area contributed by atoms with E-state index in [2.05, 4.69) is 5.32 Å². The molecular formula is C11H14F2N2O2. The van der Waals surface area contributed by atoms with E-state index in [1.807, 2.05) is 0 Å². The van der Waals surface area contributed by atoms with Crippen molar-refractivity contribution in [1.82, 2.24) is 10.8 Å². The van der Waals surface area contributed by atoms with Crippen LogP contribution in [-0.2, 0) is 4.79 Å². The standard InChI is InChI=1S/C11H14F2N2O2/c1-7(14-6-5-10(16)15-17)11-8(12)3-2-4-9(11)13/h2-4,7,14,17H,5-6H2,1H3,(H,15,16). The normalized spacial score (nSPS) is 12.2. The molecule has 0 bridgehead atoms. The number of hydrogen-bond acceptors (Lipinski definition) is 3. The first-order valence-electron chi connectivity index (χ1n) is 5.16. The average Bonchev–Trinajstić information content (AvgIpc) is 2.28. The third kappa shape index (κ3) is 3.76. The van der Waals surface area contributed by atoms with Crippen molar-refractivity contribution in [3.8, 4) is 0 Å². The number of hydrogen-bond donors (Lipinski definition) is 3. The van der Waals surface area contributed by atoms with Gasteiger partial charge in [0.2, 0.25) is 5.91 Å². The molecule has 0 saturated carbocycles. The van der Waals surface area contributed by atoms with Crippen LogP contribution < -0.4 is 10.8 Å². The molecule has 6 heteroatoms. The topological polar surface area (TPSA) is 61.4 Å². The van der Waals surface area contributed by atoms with Crippen molar-refractivity contribution in [2.45, 2.75) is 19.4 Å². The predicted octanol–water partition coefficient (Wildman–Crippen LogP) is 1.51. The molecule has 1 aromatic rings. The average molecular weight is 244 g/mol. The molecule has 4 nitrogen and oxygen atoms in total. The highest BCUT2D eigenvalue weighted by Crippen LogP contribution is 2.19. The van der Waals surface area contributed by atoms with Gasteiger partial charge in [-0.3, -0.25) is 10.0 Å². The highest BCUT2D eigenvalue weighted by molar-refractivity contribution is 5.74. The Hall–Kier alpha value is -1.53. The van der Waals surface area contributed by atoms with E-state index in [1.165, 1.54) is 23.7 Å². The van der Waals surface area contributed by atoms with Crippen LogP contribution in [0.5, 0.6) is 0 Å². The lowest BCUT2D eigenvalue weighted by molar-refractivity contribution is -0.129. The molecular weight excluding hydrogens is 230 g/mol. The zero-order valence-corrected chi connectivity index (χ0v) is 9.34. The van der Waals surface area contributed by atoms with Gasteiger partial charge in [0.25, 0.3) is 0 Å². The van der Waals surface area contributed by atoms with Crippen molar-refractivity contribution in [2.24, 2.45) is 0 Å². The minimum atomic E-state index is -0.628. The second-order valence-corrected chi connectivity index (χ2v) is 3.60. The minimum absolute atomic E-state index is 0.0247. The van der Waals surface area contributed by atoms with Crippen LogP contribution in [0, 0.1) is 11.6 Å². The van der Waals surface area contributed by atoms with Gasteiger partial charge in [-0.05, 0) is 19.1 Å². The molecule has 0 spiro atoms. The maximum absolute atomic E-state index is 13.4. The zero-order chi connectivity index (χ0) is 12.8. The number of carbonyl (C=O) groups is 1. The predicted molar refractivity (Wildman–Crippen MR) is 57.3 cm³/mol. The van der Waals surface area contributed by atoms with Crippen LogP contribution in [0.25, 0.3) is 0 Å². The van der Waals surface area contributed by atoms with Crippen LogP contribution in [0.3, 0.4) is 0 Å². The van der Waals surface area contributed by atoms with Gasteiger partial charge in [0, 0.05) is 24.6 Å². The van der Waals surface area contributed by atoms with Crippen molar-refractivity contribution in [1.29, 1.82) is 0 Å². The van der Waals surface area contributed by atoms with Gasteiger partial charge >= 0.3 is 0 Å². The van der Waals surface area contributed by atoms with E-state index in [0.717, 1.165) is 0 Å². The van der Waals surface area contributed by atoms with Crippen molar-refractivity contribution in [3.05, 3.63) is 35.4 Å². The number of amides is 1. The fraction of sp³-hybridized carbons (Fsp3) is 0.364. The van der Waals surface area contributed by atoms with E-state index >= 15 is 0 Å². The Morgan fingerprint density at radius 2 is 2.00 bits per heavy atom. The number of benzene rings is 1. The first-order chi connectivity index (χ1) is 8.06. The molecule has 0 aliphatic carbocycles. The van der Waals surface area contributed by atoms with E-state index in [0.29, 0.717) is 0 Å². The Bertz CT molecular complexity index is 379. The van der Waals surface area contributed by atoms with Gasteiger partial charge in [0.1, 0.15) is 11.6 Å². The number of halogens is 2. The summed E-state index contributed by atoms with van der Waals surface area (Å²) in [6, 6.07) is 3.09. The number of carbonyl (C=O) groups excluding carboxylic acids is 1. The lowest BCUT2D eigenvalue weighted by Crippen LogP contribution is -2.27. The van der Waals surface area contributed by atoms with Crippen molar-refractivity contribution >= 4 is 5.91 Å². The summed E-state index contributed by atoms with van der Waals surface area (Å²) in [6.45, 7) is 1.81. The summed E-state index contributed by atoms with van der Waals surface area (Å²) in [5.41, 5.74) is 1.42. The van der Waals surface area contributed by atoms with Crippen LogP contribution in [0.4, 0.5) is 8.78 Å². The van der Waals surface area contributed by atoms with Gasteiger partial charge < -0.3 is 5.32 Å². The summed E-state index contributed by atoms with van der Waals surface area (Å²) >= 11 is 0. The van der Waals surface area contributed by atoms with Gasteiger partial charge in [-0.25, -0.2) is 14.3 Å². The van der Waals surface area contributed by atoms with Crippen LogP contribution >= 0.6 is 0 Å². The molecule has 0 aromatic heterocycles. The first-order valence-corrected chi connectivity index (χ1v) is 5.16. The molecule has 94 valence electrons. The molecule has 0 fully saturated rings. The Kier molecular flexibility index (Phi) is 4.99. The maximum Gasteiger partial charge on any atom is 0.244 e. The maximum atomic E-state index is 13.4. The summed E-state index contributed by atoms with van der Waals surface area (Å²) < 4.78 is 26.7. The van der Waals surface area contributed by atoms with E-state index in [-0.39, 0.29) is 18.5 Å². The van der Waals surface area contributed by atoms with Crippen LogP contribution in [-0.4, -0.2) is 17.7 Å². The molecule has 0 radical (unpaired) electrons. The van der Waals surface area contributed by atoms with Crippen LogP contribution in [0.1, 0.15) is 24.9 Å². The summed E-state index contributed by atoms with van der Waals surface area (Å²) in [5.74, 6) is -1.81. The summed E-state index contributed by atoms with van der Waals surface area (Å²) in [6.07, 6.45) is 0.0247. The molecule has 0 heterocycles. The molecule has 1 unspecified atom stereocenters. The van der Waals surface area contributed by atoms with E-state index in [4.69, 9.17) is 5.21 Å². The van der Waals surface area contributed by atoms with Crippen LogP contribution in [0.2, 0.25) is 0 Å². The molecule has 3 N–H and O–H groups in total. The molecule has 1 atom stereocenters. The van der Waals surface area contributed by atoms with E-state index in [9.17, 15) is 13.6 Å². The number of hydroxylamine groups is 1. The lowest BCUT2D eigenvalue weighted by Gasteiger charge is -2.15. The molecule has 0 aliphatic rings. The summed E-state index contributed by atoms with van der Waals surface area (Å²) in [5, 5.41) is 11.1. The van der Waals surface area contributed by atoms with Gasteiger partial charge in [-0.1, -0.05) is 6.07 Å². The van der Waals surface area contributed by atoms with Gasteiger partial charge in [-0.2, -0.15) is 0 Å². The quantitative estimate of drug-likeness (QED) is 0.543. The lowest BCUT2D eigenvalue weighted by atomic mass is 10.1. The number of rotatable bonds is 5. The van der Waals surface area contributed by atoms with Crippen molar-refractivity contribution < 1.29 is 18.8 Å². The minimum Gasteiger partial charge on any atom is -0.309 e. The summed E-state index contributed by atoms with van der Waals surface area (Å²) in [7, 11) is 0.